The molecule has 0 aliphatic carbocycles. The van der Waals surface area contributed by atoms with Crippen LogP contribution in [0.1, 0.15) is 32.5 Å². The van der Waals surface area contributed by atoms with E-state index in [2.05, 4.69) is 5.48 Å². The van der Waals surface area contributed by atoms with Gasteiger partial charge in [-0.15, -0.1) is 0 Å². The van der Waals surface area contributed by atoms with Crippen LogP contribution in [0, 0.1) is 15.5 Å². The van der Waals surface area contributed by atoms with Gasteiger partial charge >= 0.3 is 12.1 Å². The molecule has 0 bridgehead atoms. The fourth-order valence-electron chi connectivity index (χ4n) is 1.13. The van der Waals surface area contributed by atoms with Gasteiger partial charge < -0.3 is 4.84 Å². The predicted molar refractivity (Wildman–Crippen MR) is 64.9 cm³/mol. The fraction of sp³-hybridized carbons (Fsp3) is 0.417. The van der Waals surface area contributed by atoms with E-state index in [9.17, 15) is 14.9 Å². The number of nitro groups is 1. The Bertz CT molecular complexity index is 425. The van der Waals surface area contributed by atoms with Crippen LogP contribution in [-0.4, -0.2) is 10.9 Å². The molecule has 0 spiro atoms. The SMILES string of the molecule is CC(C)(C)C(=O)ONC(c1ccccc1)[N+](=O)[O-]. The molecule has 18 heavy (non-hydrogen) atoms. The van der Waals surface area contributed by atoms with Crippen LogP contribution >= 0.6 is 0 Å². The average Bonchev–Trinajstić information content (AvgIpc) is 2.28. The number of nitrogens with one attached hydrogen (secondary N) is 1. The lowest BCUT2D eigenvalue weighted by Crippen LogP contribution is -2.35. The molecule has 0 fully saturated rings. The maximum absolute atomic E-state index is 11.5. The van der Waals surface area contributed by atoms with Crippen LogP contribution in [-0.2, 0) is 9.63 Å². The molecule has 0 amide bonds. The highest BCUT2D eigenvalue weighted by molar-refractivity contribution is 5.75. The zero-order valence-corrected chi connectivity index (χ0v) is 10.5. The van der Waals surface area contributed by atoms with E-state index in [4.69, 9.17) is 4.84 Å². The van der Waals surface area contributed by atoms with E-state index in [0.717, 1.165) is 0 Å². The number of nitrogens with zero attached hydrogens (tertiary/aromatic N) is 1. The molecule has 6 nitrogen and oxygen atoms in total. The standard InChI is InChI=1S/C12H16N2O4/c1-12(2,3)11(15)18-13-10(14(16)17)9-7-5-4-6-8-9/h4-8,10,13H,1-3H3. The van der Waals surface area contributed by atoms with Gasteiger partial charge in [0.05, 0.1) is 5.41 Å². The highest BCUT2D eigenvalue weighted by atomic mass is 16.7. The minimum Gasteiger partial charge on any atom is -0.364 e. The summed E-state index contributed by atoms with van der Waals surface area (Å²) in [6.07, 6.45) is -1.27. The van der Waals surface area contributed by atoms with Crippen molar-refractivity contribution in [1.82, 2.24) is 5.48 Å². The van der Waals surface area contributed by atoms with Crippen molar-refractivity contribution in [2.45, 2.75) is 26.9 Å². The van der Waals surface area contributed by atoms with Gasteiger partial charge in [0.25, 0.3) is 0 Å². The fourth-order valence-corrected chi connectivity index (χ4v) is 1.13. The van der Waals surface area contributed by atoms with Gasteiger partial charge in [-0.2, -0.15) is 0 Å². The third kappa shape index (κ3) is 3.81. The van der Waals surface area contributed by atoms with Crippen molar-refractivity contribution in [3.8, 4) is 0 Å². The normalized spacial score (nSPS) is 12.8. The molecule has 1 aromatic carbocycles. The van der Waals surface area contributed by atoms with E-state index in [0.29, 0.717) is 5.56 Å². The first-order chi connectivity index (χ1) is 8.32. The Kier molecular flexibility index (Phi) is 4.38. The van der Waals surface area contributed by atoms with Crippen LogP contribution in [0.3, 0.4) is 0 Å². The highest BCUT2D eigenvalue weighted by Crippen LogP contribution is 2.17. The minimum absolute atomic E-state index is 0.421. The van der Waals surface area contributed by atoms with Crippen molar-refractivity contribution in [3.63, 3.8) is 0 Å². The summed E-state index contributed by atoms with van der Waals surface area (Å²) in [5.74, 6) is -0.551. The smallest absolute Gasteiger partial charge is 0.330 e. The summed E-state index contributed by atoms with van der Waals surface area (Å²) in [4.78, 5) is 26.6. The zero-order valence-electron chi connectivity index (χ0n) is 10.5. The van der Waals surface area contributed by atoms with E-state index in [-0.39, 0.29) is 0 Å². The van der Waals surface area contributed by atoms with Crippen molar-refractivity contribution >= 4 is 5.97 Å². The number of carbonyl (C=O) groups is 1. The first-order valence-electron chi connectivity index (χ1n) is 5.47. The summed E-state index contributed by atoms with van der Waals surface area (Å²) in [5, 5.41) is 10.9. The van der Waals surface area contributed by atoms with E-state index < -0.39 is 22.5 Å². The van der Waals surface area contributed by atoms with E-state index in [1.54, 1.807) is 51.1 Å². The summed E-state index contributed by atoms with van der Waals surface area (Å²) in [5.41, 5.74) is 1.90. The Morgan fingerprint density at radius 2 is 1.89 bits per heavy atom. The second-order valence-electron chi connectivity index (χ2n) is 4.86. The van der Waals surface area contributed by atoms with E-state index >= 15 is 0 Å². The van der Waals surface area contributed by atoms with Crippen molar-refractivity contribution in [2.24, 2.45) is 5.41 Å². The number of carbonyl (C=O) groups excluding carboxylic acids is 1. The third-order valence-electron chi connectivity index (χ3n) is 2.20. The zero-order chi connectivity index (χ0) is 13.8. The molecule has 1 atom stereocenters. The highest BCUT2D eigenvalue weighted by Gasteiger charge is 2.28. The molecule has 1 unspecified atom stereocenters. The Hall–Kier alpha value is -1.95. The number of hydrogen-bond donors (Lipinski definition) is 1. The topological polar surface area (TPSA) is 81.5 Å². The molecule has 0 heterocycles. The van der Waals surface area contributed by atoms with Crippen LogP contribution in [0.4, 0.5) is 0 Å². The second kappa shape index (κ2) is 5.59. The number of hydroxylamine groups is 1. The van der Waals surface area contributed by atoms with Crippen LogP contribution in [0.5, 0.6) is 0 Å². The lowest BCUT2D eigenvalue weighted by Gasteiger charge is -2.17. The number of hydrogen-bond acceptors (Lipinski definition) is 5. The Balaban J connectivity index is 2.72. The summed E-state index contributed by atoms with van der Waals surface area (Å²) in [6.45, 7) is 5.00. The van der Waals surface area contributed by atoms with Crippen molar-refractivity contribution in [2.75, 3.05) is 0 Å². The van der Waals surface area contributed by atoms with Gasteiger partial charge in [0.1, 0.15) is 0 Å². The monoisotopic (exact) mass is 252 g/mol. The third-order valence-corrected chi connectivity index (χ3v) is 2.20. The molecule has 1 N–H and O–H groups in total. The molecule has 1 rings (SSSR count). The molecular formula is C12H16N2O4. The maximum Gasteiger partial charge on any atom is 0.330 e. The van der Waals surface area contributed by atoms with Crippen LogP contribution in [0.2, 0.25) is 0 Å². The predicted octanol–water partition coefficient (Wildman–Crippen LogP) is 2.06. The second-order valence-corrected chi connectivity index (χ2v) is 4.86. The van der Waals surface area contributed by atoms with Gasteiger partial charge in [-0.05, 0) is 20.8 Å². The maximum atomic E-state index is 11.5. The molecule has 1 aromatic rings. The van der Waals surface area contributed by atoms with E-state index in [1.807, 2.05) is 0 Å². The molecule has 98 valence electrons. The van der Waals surface area contributed by atoms with Crippen LogP contribution in [0.15, 0.2) is 30.3 Å². The molecule has 0 aromatic heterocycles. The van der Waals surface area contributed by atoms with E-state index in [1.165, 1.54) is 0 Å². The Morgan fingerprint density at radius 1 is 1.33 bits per heavy atom. The van der Waals surface area contributed by atoms with Crippen molar-refractivity contribution < 1.29 is 14.6 Å². The van der Waals surface area contributed by atoms with Crippen molar-refractivity contribution in [3.05, 3.63) is 46.0 Å². The molecule has 0 aliphatic rings. The number of benzene rings is 1. The van der Waals surface area contributed by atoms with Crippen LogP contribution < -0.4 is 5.48 Å². The summed E-state index contributed by atoms with van der Waals surface area (Å²) in [7, 11) is 0. The minimum atomic E-state index is -1.27. The first-order valence-corrected chi connectivity index (χ1v) is 5.47. The van der Waals surface area contributed by atoms with Gasteiger partial charge in [-0.3, -0.25) is 10.1 Å². The summed E-state index contributed by atoms with van der Waals surface area (Å²) >= 11 is 0. The van der Waals surface area contributed by atoms with Gasteiger partial charge in [0, 0.05) is 10.5 Å². The quantitative estimate of drug-likeness (QED) is 0.504. The molecular weight excluding hydrogens is 236 g/mol. The van der Waals surface area contributed by atoms with Crippen LogP contribution in [0.25, 0.3) is 0 Å². The molecule has 0 aliphatic heterocycles. The lowest BCUT2D eigenvalue weighted by atomic mass is 9.98. The molecule has 0 radical (unpaired) electrons. The first kappa shape index (κ1) is 14.1. The largest absolute Gasteiger partial charge is 0.364 e. The average molecular weight is 252 g/mol. The molecule has 0 saturated heterocycles. The molecule has 6 heteroatoms. The van der Waals surface area contributed by atoms with Gasteiger partial charge in [-0.1, -0.05) is 35.8 Å². The Labute approximate surface area is 105 Å². The Morgan fingerprint density at radius 3 is 2.33 bits per heavy atom. The molecule has 0 saturated carbocycles. The van der Waals surface area contributed by atoms with Gasteiger partial charge in [-0.25, -0.2) is 4.79 Å². The van der Waals surface area contributed by atoms with Gasteiger partial charge in [0.15, 0.2) is 0 Å². The van der Waals surface area contributed by atoms with Gasteiger partial charge in [0.2, 0.25) is 0 Å². The lowest BCUT2D eigenvalue weighted by molar-refractivity contribution is -0.546. The van der Waals surface area contributed by atoms with Crippen molar-refractivity contribution in [1.29, 1.82) is 0 Å². The summed E-state index contributed by atoms with van der Waals surface area (Å²) < 4.78 is 0. The number of rotatable bonds is 4. The summed E-state index contributed by atoms with van der Waals surface area (Å²) in [6, 6.07) is 8.29.